The predicted molar refractivity (Wildman–Crippen MR) is 71.7 cm³/mol. The fourth-order valence-electron chi connectivity index (χ4n) is 2.92. The topological polar surface area (TPSA) is 49.8 Å². The van der Waals surface area contributed by atoms with Gasteiger partial charge >= 0.3 is 5.97 Å². The fourth-order valence-corrected chi connectivity index (χ4v) is 2.92. The Labute approximate surface area is 110 Å². The summed E-state index contributed by atoms with van der Waals surface area (Å²) in [5, 5.41) is 8.72. The zero-order valence-corrected chi connectivity index (χ0v) is 12.1. The van der Waals surface area contributed by atoms with Crippen LogP contribution in [0.5, 0.6) is 0 Å². The second kappa shape index (κ2) is 7.10. The quantitative estimate of drug-likeness (QED) is 0.794. The average Bonchev–Trinajstić information content (AvgIpc) is 2.21. The predicted octanol–water partition coefficient (Wildman–Crippen LogP) is 2.52. The molecule has 0 saturated carbocycles. The van der Waals surface area contributed by atoms with E-state index < -0.39 is 5.97 Å². The minimum atomic E-state index is -0.701. The smallest absolute Gasteiger partial charge is 0.303 e. The third kappa shape index (κ3) is 4.94. The maximum atomic E-state index is 10.6. The average molecular weight is 257 g/mol. The Morgan fingerprint density at radius 2 is 1.89 bits per heavy atom. The summed E-state index contributed by atoms with van der Waals surface area (Å²) in [6, 6.07) is 0.985. The first kappa shape index (κ1) is 15.4. The highest BCUT2D eigenvalue weighted by atomic mass is 16.5. The minimum Gasteiger partial charge on any atom is -0.481 e. The summed E-state index contributed by atoms with van der Waals surface area (Å²) < 4.78 is 5.77. The first-order valence-corrected chi connectivity index (χ1v) is 7.03. The van der Waals surface area contributed by atoms with E-state index >= 15 is 0 Å². The van der Waals surface area contributed by atoms with Crippen LogP contribution in [0.25, 0.3) is 0 Å². The van der Waals surface area contributed by atoms with E-state index in [0.717, 1.165) is 25.8 Å². The number of nitrogens with zero attached hydrogens (tertiary/aromatic N) is 1. The molecule has 4 heteroatoms. The van der Waals surface area contributed by atoms with Gasteiger partial charge in [0.05, 0.1) is 12.2 Å². The highest BCUT2D eigenvalue weighted by Gasteiger charge is 2.29. The number of carbonyl (C=O) groups is 1. The lowest BCUT2D eigenvalue weighted by atomic mass is 9.96. The van der Waals surface area contributed by atoms with Crippen molar-refractivity contribution in [2.45, 2.75) is 77.7 Å². The van der Waals surface area contributed by atoms with Gasteiger partial charge in [-0.05, 0) is 53.5 Å². The van der Waals surface area contributed by atoms with Crippen LogP contribution < -0.4 is 0 Å². The molecular weight excluding hydrogens is 230 g/mol. The van der Waals surface area contributed by atoms with Gasteiger partial charge in [-0.1, -0.05) is 0 Å². The van der Waals surface area contributed by atoms with Crippen LogP contribution in [0.1, 0.15) is 53.4 Å². The molecule has 1 fully saturated rings. The van der Waals surface area contributed by atoms with E-state index in [1.54, 1.807) is 0 Å². The molecule has 1 rings (SSSR count). The number of aliphatic carboxylic acids is 1. The molecule has 0 amide bonds. The molecule has 0 aliphatic carbocycles. The molecule has 2 unspecified atom stereocenters. The van der Waals surface area contributed by atoms with Crippen LogP contribution in [0.4, 0.5) is 0 Å². The van der Waals surface area contributed by atoms with Crippen LogP contribution in [0.2, 0.25) is 0 Å². The number of ether oxygens (including phenoxy) is 1. The zero-order valence-electron chi connectivity index (χ0n) is 12.1. The number of hydrogen-bond donors (Lipinski definition) is 1. The summed E-state index contributed by atoms with van der Waals surface area (Å²) in [6.07, 6.45) is 3.70. The molecule has 18 heavy (non-hydrogen) atoms. The van der Waals surface area contributed by atoms with Gasteiger partial charge in [-0.2, -0.15) is 0 Å². The first-order valence-electron chi connectivity index (χ1n) is 7.03. The maximum Gasteiger partial charge on any atom is 0.303 e. The number of carboxylic acids is 1. The summed E-state index contributed by atoms with van der Waals surface area (Å²) in [5.74, 6) is -0.701. The molecule has 1 N–H and O–H groups in total. The number of hydrogen-bond acceptors (Lipinski definition) is 3. The van der Waals surface area contributed by atoms with Crippen LogP contribution >= 0.6 is 0 Å². The lowest BCUT2D eigenvalue weighted by Crippen LogP contribution is -2.47. The summed E-state index contributed by atoms with van der Waals surface area (Å²) >= 11 is 0. The third-order valence-corrected chi connectivity index (χ3v) is 3.61. The molecule has 0 aromatic rings. The standard InChI is InChI=1S/C14H27NO3/c1-10(2)15(7-5-6-14(16)17)13-8-11(3)18-12(4)9-13/h10-13H,5-9H2,1-4H3,(H,16,17). The Morgan fingerprint density at radius 1 is 1.33 bits per heavy atom. The van der Waals surface area contributed by atoms with Crippen LogP contribution in [0, 0.1) is 0 Å². The van der Waals surface area contributed by atoms with E-state index in [0.29, 0.717) is 24.3 Å². The van der Waals surface area contributed by atoms with Crippen LogP contribution in [0.3, 0.4) is 0 Å². The normalized spacial score (nSPS) is 28.9. The van der Waals surface area contributed by atoms with Gasteiger partial charge < -0.3 is 9.84 Å². The lowest BCUT2D eigenvalue weighted by Gasteiger charge is -2.41. The van der Waals surface area contributed by atoms with Crippen LogP contribution in [-0.2, 0) is 9.53 Å². The fraction of sp³-hybridized carbons (Fsp3) is 0.929. The number of carboxylic acid groups (broad SMARTS) is 1. The van der Waals surface area contributed by atoms with Gasteiger partial charge in [0.25, 0.3) is 0 Å². The molecule has 1 aliphatic rings. The molecule has 0 spiro atoms. The van der Waals surface area contributed by atoms with Gasteiger partial charge in [0.2, 0.25) is 0 Å². The molecule has 1 aliphatic heterocycles. The molecule has 0 bridgehead atoms. The van der Waals surface area contributed by atoms with E-state index in [9.17, 15) is 4.79 Å². The van der Waals surface area contributed by atoms with Crippen molar-refractivity contribution >= 4 is 5.97 Å². The van der Waals surface area contributed by atoms with Crippen molar-refractivity contribution < 1.29 is 14.6 Å². The van der Waals surface area contributed by atoms with Gasteiger partial charge in [-0.15, -0.1) is 0 Å². The second-order valence-electron chi connectivity index (χ2n) is 5.71. The van der Waals surface area contributed by atoms with E-state index in [-0.39, 0.29) is 6.42 Å². The zero-order chi connectivity index (χ0) is 13.7. The molecule has 4 nitrogen and oxygen atoms in total. The molecule has 2 atom stereocenters. The largest absolute Gasteiger partial charge is 0.481 e. The van der Waals surface area contributed by atoms with Crippen LogP contribution in [-0.4, -0.2) is 46.8 Å². The van der Waals surface area contributed by atoms with Crippen molar-refractivity contribution in [2.75, 3.05) is 6.54 Å². The van der Waals surface area contributed by atoms with Crippen molar-refractivity contribution in [3.05, 3.63) is 0 Å². The van der Waals surface area contributed by atoms with Crippen molar-refractivity contribution in [1.82, 2.24) is 4.90 Å². The Kier molecular flexibility index (Phi) is 6.09. The lowest BCUT2D eigenvalue weighted by molar-refractivity contribution is -0.137. The molecule has 0 aromatic heterocycles. The van der Waals surface area contributed by atoms with Crippen molar-refractivity contribution in [3.63, 3.8) is 0 Å². The summed E-state index contributed by atoms with van der Waals surface area (Å²) in [4.78, 5) is 13.0. The maximum absolute atomic E-state index is 10.6. The van der Waals surface area contributed by atoms with Crippen molar-refractivity contribution in [2.24, 2.45) is 0 Å². The molecule has 0 aromatic carbocycles. The Morgan fingerprint density at radius 3 is 2.33 bits per heavy atom. The Balaban J connectivity index is 2.52. The molecule has 1 heterocycles. The minimum absolute atomic E-state index is 0.261. The Hall–Kier alpha value is -0.610. The van der Waals surface area contributed by atoms with Gasteiger partial charge in [-0.3, -0.25) is 9.69 Å². The van der Waals surface area contributed by atoms with Crippen molar-refractivity contribution in [1.29, 1.82) is 0 Å². The molecule has 106 valence electrons. The van der Waals surface area contributed by atoms with E-state index in [1.165, 1.54) is 0 Å². The SMILES string of the molecule is CC1CC(N(CCCC(=O)O)C(C)C)CC(C)O1. The number of rotatable bonds is 6. The Bertz CT molecular complexity index is 258. The van der Waals surface area contributed by atoms with E-state index in [1.807, 2.05) is 0 Å². The third-order valence-electron chi connectivity index (χ3n) is 3.61. The summed E-state index contributed by atoms with van der Waals surface area (Å²) in [5.41, 5.74) is 0. The second-order valence-corrected chi connectivity index (χ2v) is 5.71. The van der Waals surface area contributed by atoms with Crippen molar-refractivity contribution in [3.8, 4) is 0 Å². The van der Waals surface area contributed by atoms with Gasteiger partial charge in [-0.25, -0.2) is 0 Å². The first-order chi connectivity index (χ1) is 8.40. The molecular formula is C14H27NO3. The molecule has 0 radical (unpaired) electrons. The van der Waals surface area contributed by atoms with Gasteiger partial charge in [0.15, 0.2) is 0 Å². The highest BCUT2D eigenvalue weighted by Crippen LogP contribution is 2.25. The van der Waals surface area contributed by atoms with E-state index in [2.05, 4.69) is 32.6 Å². The van der Waals surface area contributed by atoms with Crippen LogP contribution in [0.15, 0.2) is 0 Å². The highest BCUT2D eigenvalue weighted by molar-refractivity contribution is 5.66. The van der Waals surface area contributed by atoms with E-state index in [4.69, 9.17) is 9.84 Å². The monoisotopic (exact) mass is 257 g/mol. The van der Waals surface area contributed by atoms with Gasteiger partial charge in [0, 0.05) is 18.5 Å². The van der Waals surface area contributed by atoms with Gasteiger partial charge in [0.1, 0.15) is 0 Å². The summed E-state index contributed by atoms with van der Waals surface area (Å²) in [7, 11) is 0. The molecule has 1 saturated heterocycles. The summed E-state index contributed by atoms with van der Waals surface area (Å²) in [6.45, 7) is 9.49.